The van der Waals surface area contributed by atoms with Gasteiger partial charge in [0.2, 0.25) is 0 Å². The largest absolute Gasteiger partial charge is 0.354 e. The lowest BCUT2D eigenvalue weighted by Gasteiger charge is -2.07. The van der Waals surface area contributed by atoms with E-state index < -0.39 is 0 Å². The van der Waals surface area contributed by atoms with Crippen LogP contribution in [0.25, 0.3) is 0 Å². The topological polar surface area (TPSA) is 48.7 Å². The summed E-state index contributed by atoms with van der Waals surface area (Å²) < 4.78 is 0. The van der Waals surface area contributed by atoms with Crippen LogP contribution in [0.4, 0.5) is 11.4 Å². The maximum absolute atomic E-state index is 8.76. The summed E-state index contributed by atoms with van der Waals surface area (Å²) in [5, 5.41) is 12.4. The Labute approximate surface area is 105 Å². The predicted molar refractivity (Wildman–Crippen MR) is 68.4 cm³/mol. The molecule has 0 spiro atoms. The van der Waals surface area contributed by atoms with E-state index in [1.165, 1.54) is 0 Å². The summed E-state index contributed by atoms with van der Waals surface area (Å²) in [6, 6.07) is 11.1. The van der Waals surface area contributed by atoms with Gasteiger partial charge in [-0.3, -0.25) is 4.98 Å². The predicted octanol–water partition coefficient (Wildman–Crippen LogP) is 3.66. The van der Waals surface area contributed by atoms with Crippen molar-refractivity contribution < 1.29 is 0 Å². The second-order valence-electron chi connectivity index (χ2n) is 3.62. The van der Waals surface area contributed by atoms with Gasteiger partial charge in [-0.05, 0) is 37.3 Å². The summed E-state index contributed by atoms with van der Waals surface area (Å²) in [6.45, 7) is 1.93. The van der Waals surface area contributed by atoms with Crippen LogP contribution >= 0.6 is 11.6 Å². The van der Waals surface area contributed by atoms with E-state index in [2.05, 4.69) is 10.3 Å². The van der Waals surface area contributed by atoms with E-state index in [1.807, 2.05) is 31.2 Å². The molecule has 0 bridgehead atoms. The number of benzene rings is 1. The Bertz CT molecular complexity index is 570. The number of rotatable bonds is 2. The van der Waals surface area contributed by atoms with Crippen LogP contribution in [0.15, 0.2) is 36.5 Å². The van der Waals surface area contributed by atoms with E-state index in [4.69, 9.17) is 16.9 Å². The highest BCUT2D eigenvalue weighted by Crippen LogP contribution is 2.22. The first-order valence-electron chi connectivity index (χ1n) is 5.08. The molecule has 0 radical (unpaired) electrons. The summed E-state index contributed by atoms with van der Waals surface area (Å²) in [5.74, 6) is 0. The smallest absolute Gasteiger partial charge is 0.101 e. The minimum absolute atomic E-state index is 0.442. The number of hydrogen-bond donors (Lipinski definition) is 1. The van der Waals surface area contributed by atoms with E-state index in [9.17, 15) is 0 Å². The highest BCUT2D eigenvalue weighted by atomic mass is 35.5. The van der Waals surface area contributed by atoms with E-state index in [0.29, 0.717) is 10.6 Å². The molecule has 0 aliphatic rings. The summed E-state index contributed by atoms with van der Waals surface area (Å²) in [4.78, 5) is 4.18. The van der Waals surface area contributed by atoms with Gasteiger partial charge < -0.3 is 5.32 Å². The fourth-order valence-electron chi connectivity index (χ4n) is 1.39. The number of hydrogen-bond acceptors (Lipinski definition) is 3. The normalized spacial score (nSPS) is 9.71. The molecule has 0 atom stereocenters. The Kier molecular flexibility index (Phi) is 3.27. The molecule has 17 heavy (non-hydrogen) atoms. The monoisotopic (exact) mass is 243 g/mol. The van der Waals surface area contributed by atoms with Crippen molar-refractivity contribution in [3.05, 3.63) is 52.8 Å². The number of halogens is 1. The Balaban J connectivity index is 2.22. The molecule has 0 aliphatic carbocycles. The maximum atomic E-state index is 8.76. The van der Waals surface area contributed by atoms with Gasteiger partial charge in [-0.25, -0.2) is 0 Å². The molecule has 0 saturated carbocycles. The third kappa shape index (κ3) is 2.74. The fourth-order valence-corrected chi connectivity index (χ4v) is 1.61. The summed E-state index contributed by atoms with van der Waals surface area (Å²) in [7, 11) is 0. The molecule has 0 fully saturated rings. The standard InChI is InChI=1S/C13H10ClN3/c1-9-2-4-12(8-16-9)17-11-5-3-10(7-15)13(14)6-11/h2-6,8,17H,1H3. The second-order valence-corrected chi connectivity index (χ2v) is 4.03. The SMILES string of the molecule is Cc1ccc(Nc2ccc(C#N)c(Cl)c2)cn1. The van der Waals surface area contributed by atoms with Crippen molar-refractivity contribution in [2.24, 2.45) is 0 Å². The minimum Gasteiger partial charge on any atom is -0.354 e. The van der Waals surface area contributed by atoms with Crippen LogP contribution in [0, 0.1) is 18.3 Å². The summed E-state index contributed by atoms with van der Waals surface area (Å²) in [5.41, 5.74) is 3.16. The van der Waals surface area contributed by atoms with Gasteiger partial charge in [0.05, 0.1) is 22.5 Å². The van der Waals surface area contributed by atoms with Gasteiger partial charge in [0.1, 0.15) is 6.07 Å². The zero-order chi connectivity index (χ0) is 12.3. The number of nitrogens with one attached hydrogen (secondary N) is 1. The lowest BCUT2D eigenvalue weighted by atomic mass is 10.2. The molecular weight excluding hydrogens is 234 g/mol. The highest BCUT2D eigenvalue weighted by Gasteiger charge is 2.01. The molecule has 2 rings (SSSR count). The van der Waals surface area contributed by atoms with Crippen LogP contribution in [0.2, 0.25) is 5.02 Å². The average Bonchev–Trinajstić information content (AvgIpc) is 2.32. The lowest BCUT2D eigenvalue weighted by Crippen LogP contribution is -1.92. The van der Waals surface area contributed by atoms with Gasteiger partial charge in [0, 0.05) is 11.4 Å². The van der Waals surface area contributed by atoms with Crippen LogP contribution in [-0.2, 0) is 0 Å². The van der Waals surface area contributed by atoms with Gasteiger partial charge >= 0.3 is 0 Å². The first-order valence-corrected chi connectivity index (χ1v) is 5.46. The molecule has 84 valence electrons. The molecular formula is C13H10ClN3. The van der Waals surface area contributed by atoms with Gasteiger partial charge in [-0.15, -0.1) is 0 Å². The number of aromatic nitrogens is 1. The van der Waals surface area contributed by atoms with Crippen LogP contribution in [0.5, 0.6) is 0 Å². The number of nitrogens with zero attached hydrogens (tertiary/aromatic N) is 2. The molecule has 1 N–H and O–H groups in total. The van der Waals surface area contributed by atoms with Gasteiger partial charge in [0.25, 0.3) is 0 Å². The molecule has 1 aromatic heterocycles. The van der Waals surface area contributed by atoms with E-state index in [1.54, 1.807) is 18.3 Å². The van der Waals surface area contributed by atoms with E-state index in [-0.39, 0.29) is 0 Å². The minimum atomic E-state index is 0.442. The number of anilines is 2. The fraction of sp³-hybridized carbons (Fsp3) is 0.0769. The van der Waals surface area contributed by atoms with Crippen LogP contribution < -0.4 is 5.32 Å². The Hall–Kier alpha value is -2.05. The molecule has 0 amide bonds. The van der Waals surface area contributed by atoms with Crippen molar-refractivity contribution in [2.45, 2.75) is 6.92 Å². The maximum Gasteiger partial charge on any atom is 0.101 e. The van der Waals surface area contributed by atoms with Gasteiger partial charge in [0.15, 0.2) is 0 Å². The zero-order valence-electron chi connectivity index (χ0n) is 9.24. The molecule has 4 heteroatoms. The van der Waals surface area contributed by atoms with E-state index in [0.717, 1.165) is 17.1 Å². The molecule has 1 heterocycles. The van der Waals surface area contributed by atoms with Crippen LogP contribution in [0.3, 0.4) is 0 Å². The van der Waals surface area contributed by atoms with Crippen molar-refractivity contribution >= 4 is 23.0 Å². The second kappa shape index (κ2) is 4.86. The molecule has 0 aliphatic heterocycles. The quantitative estimate of drug-likeness (QED) is 0.876. The Morgan fingerprint density at radius 1 is 1.24 bits per heavy atom. The van der Waals surface area contributed by atoms with Crippen molar-refractivity contribution in [3.63, 3.8) is 0 Å². The molecule has 1 aromatic carbocycles. The molecule has 2 aromatic rings. The molecule has 3 nitrogen and oxygen atoms in total. The molecule has 0 unspecified atom stereocenters. The van der Waals surface area contributed by atoms with Crippen LogP contribution in [-0.4, -0.2) is 4.98 Å². The van der Waals surface area contributed by atoms with Gasteiger partial charge in [-0.1, -0.05) is 11.6 Å². The Morgan fingerprint density at radius 3 is 2.59 bits per heavy atom. The van der Waals surface area contributed by atoms with Crippen molar-refractivity contribution in [2.75, 3.05) is 5.32 Å². The van der Waals surface area contributed by atoms with Crippen molar-refractivity contribution in [1.82, 2.24) is 4.98 Å². The van der Waals surface area contributed by atoms with E-state index >= 15 is 0 Å². The average molecular weight is 244 g/mol. The highest BCUT2D eigenvalue weighted by molar-refractivity contribution is 6.32. The van der Waals surface area contributed by atoms with Crippen molar-refractivity contribution in [3.8, 4) is 6.07 Å². The zero-order valence-corrected chi connectivity index (χ0v) is 9.99. The first kappa shape index (κ1) is 11.4. The third-order valence-corrected chi connectivity index (χ3v) is 2.60. The summed E-state index contributed by atoms with van der Waals surface area (Å²) in [6.07, 6.45) is 1.75. The number of pyridine rings is 1. The molecule has 0 saturated heterocycles. The Morgan fingerprint density at radius 2 is 2.00 bits per heavy atom. The lowest BCUT2D eigenvalue weighted by molar-refractivity contribution is 1.20. The van der Waals surface area contributed by atoms with Crippen molar-refractivity contribution in [1.29, 1.82) is 5.26 Å². The van der Waals surface area contributed by atoms with Gasteiger partial charge in [-0.2, -0.15) is 5.26 Å². The first-order chi connectivity index (χ1) is 8.19. The summed E-state index contributed by atoms with van der Waals surface area (Å²) >= 11 is 5.94. The number of aryl methyl sites for hydroxylation is 1. The van der Waals surface area contributed by atoms with Crippen LogP contribution in [0.1, 0.15) is 11.3 Å². The third-order valence-electron chi connectivity index (χ3n) is 2.29. The number of nitriles is 1.